The molecule has 0 aliphatic heterocycles. The summed E-state index contributed by atoms with van der Waals surface area (Å²) in [5.41, 5.74) is 0.909. The second-order valence-electron chi connectivity index (χ2n) is 5.06. The molecule has 1 amide bonds. The Balaban J connectivity index is 1.67. The van der Waals surface area contributed by atoms with E-state index in [1.807, 2.05) is 24.3 Å². The average Bonchev–Trinajstić information content (AvgIpc) is 3.04. The van der Waals surface area contributed by atoms with Gasteiger partial charge in [0, 0.05) is 23.1 Å². The van der Waals surface area contributed by atoms with E-state index in [-0.39, 0.29) is 17.6 Å². The molecule has 0 fully saturated rings. The van der Waals surface area contributed by atoms with Gasteiger partial charge in [-0.15, -0.1) is 10.2 Å². The maximum atomic E-state index is 11.8. The predicted octanol–water partition coefficient (Wildman–Crippen LogP) is 3.60. The minimum Gasteiger partial charge on any atom is -0.466 e. The Morgan fingerprint density at radius 3 is 2.96 bits per heavy atom. The Hall–Kier alpha value is -1.65. The molecular weight excluding hydrogens is 440 g/mol. The molecule has 0 saturated heterocycles. The van der Waals surface area contributed by atoms with E-state index in [9.17, 15) is 9.59 Å². The first-order valence-corrected chi connectivity index (χ1v) is 10.6. The zero-order valence-corrected chi connectivity index (χ0v) is 17.4. The molecule has 0 atom stereocenters. The van der Waals surface area contributed by atoms with E-state index in [0.29, 0.717) is 35.5 Å². The number of nitrogens with one attached hydrogen (secondary N) is 2. The molecule has 0 radical (unpaired) electrons. The number of ether oxygens (including phenoxy) is 1. The highest BCUT2D eigenvalue weighted by Gasteiger charge is 2.09. The van der Waals surface area contributed by atoms with Crippen molar-refractivity contribution in [3.8, 4) is 0 Å². The number of halogens is 1. The van der Waals surface area contributed by atoms with E-state index in [1.54, 1.807) is 6.92 Å². The van der Waals surface area contributed by atoms with Crippen molar-refractivity contribution in [1.82, 2.24) is 15.5 Å². The summed E-state index contributed by atoms with van der Waals surface area (Å²) >= 11 is 6.13. The standard InChI is InChI=1S/C16H19BrN4O3S2/c1-2-24-14(23)7-4-8-18-13(22)10-25-16-21-20-15(26-16)19-12-6-3-5-11(17)9-12/h3,5-6,9H,2,4,7-8,10H2,1H3,(H,18,22)(H,19,20). The fourth-order valence-corrected chi connectivity index (χ4v) is 3.88. The smallest absolute Gasteiger partial charge is 0.305 e. The van der Waals surface area contributed by atoms with Crippen molar-refractivity contribution in [2.75, 3.05) is 24.2 Å². The highest BCUT2D eigenvalue weighted by Crippen LogP contribution is 2.28. The number of carbonyl (C=O) groups is 2. The molecular formula is C16H19BrN4O3S2. The molecule has 7 nitrogen and oxygen atoms in total. The molecule has 10 heteroatoms. The number of esters is 1. The third-order valence-electron chi connectivity index (χ3n) is 2.99. The fourth-order valence-electron chi connectivity index (χ4n) is 1.88. The number of aromatic nitrogens is 2. The topological polar surface area (TPSA) is 93.2 Å². The third kappa shape index (κ3) is 7.71. The number of rotatable bonds is 10. The van der Waals surface area contributed by atoms with Gasteiger partial charge in [-0.25, -0.2) is 0 Å². The SMILES string of the molecule is CCOC(=O)CCCNC(=O)CSc1nnc(Nc2cccc(Br)c2)s1. The van der Waals surface area contributed by atoms with E-state index in [2.05, 4.69) is 36.8 Å². The van der Waals surface area contributed by atoms with Crippen LogP contribution in [0.15, 0.2) is 33.1 Å². The largest absolute Gasteiger partial charge is 0.466 e. The third-order valence-corrected chi connectivity index (χ3v) is 5.46. The first kappa shape index (κ1) is 20.7. The molecule has 0 aliphatic carbocycles. The van der Waals surface area contributed by atoms with Crippen LogP contribution in [-0.2, 0) is 14.3 Å². The van der Waals surface area contributed by atoms with Gasteiger partial charge in [-0.2, -0.15) is 0 Å². The first-order valence-electron chi connectivity index (χ1n) is 7.98. The molecule has 0 spiro atoms. The van der Waals surface area contributed by atoms with Crippen LogP contribution in [0, 0.1) is 0 Å². The second-order valence-corrected chi connectivity index (χ2v) is 8.17. The monoisotopic (exact) mass is 458 g/mol. The number of carbonyl (C=O) groups excluding carboxylic acids is 2. The maximum Gasteiger partial charge on any atom is 0.305 e. The number of thioether (sulfide) groups is 1. The lowest BCUT2D eigenvalue weighted by atomic mass is 10.3. The summed E-state index contributed by atoms with van der Waals surface area (Å²) in [6.45, 7) is 2.59. The van der Waals surface area contributed by atoms with Crippen LogP contribution in [0.1, 0.15) is 19.8 Å². The Bertz CT molecular complexity index is 742. The Morgan fingerprint density at radius 2 is 2.19 bits per heavy atom. The molecule has 0 saturated carbocycles. The minimum atomic E-state index is -0.240. The van der Waals surface area contributed by atoms with Crippen LogP contribution in [0.25, 0.3) is 0 Å². The number of hydrogen-bond acceptors (Lipinski definition) is 8. The van der Waals surface area contributed by atoms with Crippen molar-refractivity contribution >= 4 is 61.7 Å². The van der Waals surface area contributed by atoms with Crippen molar-refractivity contribution in [3.63, 3.8) is 0 Å². The molecule has 1 heterocycles. The Labute approximate surface area is 168 Å². The van der Waals surface area contributed by atoms with Gasteiger partial charge >= 0.3 is 5.97 Å². The van der Waals surface area contributed by atoms with Crippen molar-refractivity contribution in [2.24, 2.45) is 0 Å². The number of anilines is 2. The zero-order chi connectivity index (χ0) is 18.8. The van der Waals surface area contributed by atoms with Gasteiger partial charge < -0.3 is 15.4 Å². The van der Waals surface area contributed by atoms with E-state index in [1.165, 1.54) is 23.1 Å². The average molecular weight is 459 g/mol. The Kier molecular flexibility index (Phi) is 8.86. The van der Waals surface area contributed by atoms with Gasteiger partial charge in [-0.1, -0.05) is 45.1 Å². The normalized spacial score (nSPS) is 10.4. The summed E-state index contributed by atoms with van der Waals surface area (Å²) in [5, 5.41) is 14.7. The lowest BCUT2D eigenvalue weighted by Crippen LogP contribution is -2.26. The van der Waals surface area contributed by atoms with Crippen molar-refractivity contribution in [3.05, 3.63) is 28.7 Å². The first-order chi connectivity index (χ1) is 12.6. The van der Waals surface area contributed by atoms with Crippen LogP contribution in [0.3, 0.4) is 0 Å². The van der Waals surface area contributed by atoms with E-state index < -0.39 is 0 Å². The minimum absolute atomic E-state index is 0.101. The molecule has 1 aromatic carbocycles. The van der Waals surface area contributed by atoms with Crippen molar-refractivity contribution in [2.45, 2.75) is 24.1 Å². The van der Waals surface area contributed by atoms with Gasteiger partial charge in [0.25, 0.3) is 0 Å². The number of amides is 1. The van der Waals surface area contributed by atoms with E-state index in [0.717, 1.165) is 10.2 Å². The maximum absolute atomic E-state index is 11.8. The molecule has 2 rings (SSSR count). The van der Waals surface area contributed by atoms with Gasteiger partial charge in [0.05, 0.1) is 12.4 Å². The van der Waals surface area contributed by atoms with Crippen LogP contribution in [0.4, 0.5) is 10.8 Å². The van der Waals surface area contributed by atoms with Gasteiger partial charge in [-0.05, 0) is 31.5 Å². The molecule has 0 bridgehead atoms. The molecule has 140 valence electrons. The predicted molar refractivity (Wildman–Crippen MR) is 107 cm³/mol. The van der Waals surface area contributed by atoms with Crippen LogP contribution in [0.5, 0.6) is 0 Å². The van der Waals surface area contributed by atoms with Gasteiger partial charge in [0.2, 0.25) is 11.0 Å². The quantitative estimate of drug-likeness (QED) is 0.319. The second kappa shape index (κ2) is 11.1. The van der Waals surface area contributed by atoms with Crippen LogP contribution < -0.4 is 10.6 Å². The van der Waals surface area contributed by atoms with E-state index in [4.69, 9.17) is 4.74 Å². The number of nitrogens with zero attached hydrogens (tertiary/aromatic N) is 2. The van der Waals surface area contributed by atoms with Gasteiger partial charge in [-0.3, -0.25) is 9.59 Å². The summed E-state index contributed by atoms with van der Waals surface area (Å²) in [7, 11) is 0. The molecule has 26 heavy (non-hydrogen) atoms. The molecule has 2 aromatic rings. The molecule has 0 aliphatic rings. The number of benzene rings is 1. The molecule has 1 aromatic heterocycles. The highest BCUT2D eigenvalue weighted by molar-refractivity contribution is 9.10. The highest BCUT2D eigenvalue weighted by atomic mass is 79.9. The van der Waals surface area contributed by atoms with Crippen LogP contribution in [0.2, 0.25) is 0 Å². The summed E-state index contributed by atoms with van der Waals surface area (Å²) in [6.07, 6.45) is 0.872. The van der Waals surface area contributed by atoms with Crippen molar-refractivity contribution in [1.29, 1.82) is 0 Å². The summed E-state index contributed by atoms with van der Waals surface area (Å²) in [4.78, 5) is 23.0. The van der Waals surface area contributed by atoms with Crippen molar-refractivity contribution < 1.29 is 14.3 Å². The summed E-state index contributed by atoms with van der Waals surface area (Å²) in [5.74, 6) is -0.0868. The Morgan fingerprint density at radius 1 is 1.35 bits per heavy atom. The van der Waals surface area contributed by atoms with Gasteiger partial charge in [0.1, 0.15) is 0 Å². The van der Waals surface area contributed by atoms with E-state index >= 15 is 0 Å². The number of hydrogen-bond donors (Lipinski definition) is 2. The van der Waals surface area contributed by atoms with Gasteiger partial charge in [0.15, 0.2) is 4.34 Å². The zero-order valence-electron chi connectivity index (χ0n) is 14.2. The summed E-state index contributed by atoms with van der Waals surface area (Å²) in [6, 6.07) is 7.74. The summed E-state index contributed by atoms with van der Waals surface area (Å²) < 4.78 is 6.51. The molecule has 2 N–H and O–H groups in total. The molecule has 0 unspecified atom stereocenters. The van der Waals surface area contributed by atoms with Crippen LogP contribution >= 0.6 is 39.0 Å². The van der Waals surface area contributed by atoms with Crippen LogP contribution in [-0.4, -0.2) is 41.0 Å². The fraction of sp³-hybridized carbons (Fsp3) is 0.375. The lowest BCUT2D eigenvalue weighted by Gasteiger charge is -2.04. The lowest BCUT2D eigenvalue weighted by molar-refractivity contribution is -0.143.